The van der Waals surface area contributed by atoms with Crippen molar-refractivity contribution in [3.63, 3.8) is 0 Å². The Labute approximate surface area is 301 Å². The summed E-state index contributed by atoms with van der Waals surface area (Å²) in [6, 6.07) is 2.22. The van der Waals surface area contributed by atoms with Crippen LogP contribution in [0.15, 0.2) is 30.3 Å². The van der Waals surface area contributed by atoms with Crippen molar-refractivity contribution < 1.29 is 43.7 Å². The van der Waals surface area contributed by atoms with Gasteiger partial charge in [0.1, 0.15) is 36.3 Å². The van der Waals surface area contributed by atoms with Gasteiger partial charge in [0.2, 0.25) is 29.5 Å². The summed E-state index contributed by atoms with van der Waals surface area (Å²) >= 11 is 0. The zero-order chi connectivity index (χ0) is 38.1. The Morgan fingerprint density at radius 1 is 0.725 bits per heavy atom. The summed E-state index contributed by atoms with van der Waals surface area (Å²) in [6.07, 6.45) is 2.64. The second-order valence-corrected chi connectivity index (χ2v) is 14.2. The van der Waals surface area contributed by atoms with E-state index in [4.69, 9.17) is 4.74 Å². The van der Waals surface area contributed by atoms with Gasteiger partial charge < -0.3 is 41.5 Å². The number of benzene rings is 1. The molecule has 0 spiro atoms. The number of carbonyl (C=O) groups excluding carboxylic acids is 6. The van der Waals surface area contributed by atoms with Gasteiger partial charge in [-0.3, -0.25) is 24.0 Å². The SMILES string of the molecule is CCCCCCC[C@@H]1CC(=O)N[C@H](CC(C)C)C(=O)N[C@@H](CO)C(=O)N[C@@H]([C@@H](C)O)C(=O)N[C@H](Cc2ccccc2)C(=O)N[C@@H](C(C)C)C(=O)O1. The normalized spacial score (nSPS) is 25.4. The monoisotopic (exact) mass is 717 g/mol. The number of nitrogens with one attached hydrogen (secondary N) is 5. The van der Waals surface area contributed by atoms with E-state index in [-0.39, 0.29) is 25.2 Å². The first-order valence-electron chi connectivity index (χ1n) is 18.2. The lowest BCUT2D eigenvalue weighted by Gasteiger charge is -2.28. The lowest BCUT2D eigenvalue weighted by Crippen LogP contribution is -2.62. The Morgan fingerprint density at radius 2 is 1.31 bits per heavy atom. The predicted molar refractivity (Wildman–Crippen MR) is 191 cm³/mol. The molecule has 1 heterocycles. The molecule has 1 aliphatic heterocycles. The number of aliphatic hydroxyl groups excluding tert-OH is 2. The topological polar surface area (TPSA) is 212 Å². The summed E-state index contributed by atoms with van der Waals surface area (Å²) in [6.45, 7) is 9.66. The minimum Gasteiger partial charge on any atom is -0.460 e. The number of hydrogen-bond donors (Lipinski definition) is 7. The van der Waals surface area contributed by atoms with Crippen molar-refractivity contribution >= 4 is 35.5 Å². The third kappa shape index (κ3) is 15.0. The number of amides is 5. The van der Waals surface area contributed by atoms with E-state index in [1.165, 1.54) is 6.92 Å². The van der Waals surface area contributed by atoms with Crippen LogP contribution in [0.3, 0.4) is 0 Å². The van der Waals surface area contributed by atoms with Crippen LogP contribution in [0.25, 0.3) is 0 Å². The zero-order valence-electron chi connectivity index (χ0n) is 30.9. The Morgan fingerprint density at radius 3 is 1.90 bits per heavy atom. The molecule has 14 nitrogen and oxygen atoms in total. The second-order valence-electron chi connectivity index (χ2n) is 14.2. The predicted octanol–water partition coefficient (Wildman–Crippen LogP) is 1.40. The van der Waals surface area contributed by atoms with Crippen LogP contribution in [0.4, 0.5) is 0 Å². The van der Waals surface area contributed by atoms with Crippen LogP contribution in [0.1, 0.15) is 98.5 Å². The molecule has 2 rings (SSSR count). The maximum atomic E-state index is 13.8. The molecule has 1 aliphatic rings. The largest absolute Gasteiger partial charge is 0.460 e. The van der Waals surface area contributed by atoms with Gasteiger partial charge in [-0.2, -0.15) is 0 Å². The molecule has 7 atom stereocenters. The van der Waals surface area contributed by atoms with Crippen molar-refractivity contribution in [3.05, 3.63) is 35.9 Å². The van der Waals surface area contributed by atoms with Crippen LogP contribution in [0.2, 0.25) is 0 Å². The fourth-order valence-corrected chi connectivity index (χ4v) is 5.78. The van der Waals surface area contributed by atoms with Crippen LogP contribution in [-0.4, -0.2) is 94.7 Å². The Kier molecular flexibility index (Phi) is 18.6. The standard InChI is InChI=1S/C37H59N5O9/c1-7-8-9-10-14-17-26-20-30(45)38-27(18-22(2)3)33(46)40-29(21-43)35(48)42-32(24(6)44)36(49)39-28(19-25-15-12-11-13-16-25)34(47)41-31(23(4)5)37(50)51-26/h11-13,15-16,22-24,26-29,31-32,43-44H,7-10,14,17-21H2,1-6H3,(H,38,45)(H,39,49)(H,40,46)(H,41,47)(H,42,48)/t24-,26-,27-,28-,29+,31+,32+/m1/s1. The summed E-state index contributed by atoms with van der Waals surface area (Å²) in [5, 5.41) is 33.4. The molecular formula is C37H59N5O9. The molecular weight excluding hydrogens is 658 g/mol. The third-order valence-electron chi connectivity index (χ3n) is 8.70. The van der Waals surface area contributed by atoms with Crippen LogP contribution in [-0.2, 0) is 39.9 Å². The van der Waals surface area contributed by atoms with Crippen LogP contribution in [0, 0.1) is 11.8 Å². The van der Waals surface area contributed by atoms with Crippen molar-refractivity contribution in [2.75, 3.05) is 6.61 Å². The van der Waals surface area contributed by atoms with Crippen molar-refractivity contribution in [1.82, 2.24) is 26.6 Å². The van der Waals surface area contributed by atoms with Gasteiger partial charge in [-0.05, 0) is 43.6 Å². The molecule has 0 radical (unpaired) electrons. The van der Waals surface area contributed by atoms with Crippen LogP contribution in [0.5, 0.6) is 0 Å². The van der Waals surface area contributed by atoms with Gasteiger partial charge in [-0.1, -0.05) is 90.6 Å². The van der Waals surface area contributed by atoms with E-state index < -0.39 is 90.4 Å². The average Bonchev–Trinajstić information content (AvgIpc) is 3.06. The number of unbranched alkanes of at least 4 members (excludes halogenated alkanes) is 4. The molecule has 0 aliphatic carbocycles. The van der Waals surface area contributed by atoms with E-state index in [2.05, 4.69) is 33.5 Å². The number of hydrogen-bond acceptors (Lipinski definition) is 9. The summed E-state index contributed by atoms with van der Waals surface area (Å²) < 4.78 is 5.91. The molecule has 1 saturated heterocycles. The van der Waals surface area contributed by atoms with Gasteiger partial charge in [-0.25, -0.2) is 4.79 Å². The Balaban J connectivity index is 2.56. The van der Waals surface area contributed by atoms with Gasteiger partial charge in [-0.15, -0.1) is 0 Å². The second kappa shape index (κ2) is 22.0. The summed E-state index contributed by atoms with van der Waals surface area (Å²) in [7, 11) is 0. The molecule has 7 N–H and O–H groups in total. The molecule has 1 fully saturated rings. The fraction of sp³-hybridized carbons (Fsp3) is 0.676. The summed E-state index contributed by atoms with van der Waals surface area (Å²) in [5.74, 6) is -5.13. The third-order valence-corrected chi connectivity index (χ3v) is 8.70. The molecule has 0 unspecified atom stereocenters. The van der Waals surface area contributed by atoms with Gasteiger partial charge >= 0.3 is 5.97 Å². The number of aliphatic hydroxyl groups is 2. The highest BCUT2D eigenvalue weighted by Crippen LogP contribution is 2.17. The summed E-state index contributed by atoms with van der Waals surface area (Å²) in [4.78, 5) is 81.3. The van der Waals surface area contributed by atoms with Gasteiger partial charge in [0.25, 0.3) is 0 Å². The van der Waals surface area contributed by atoms with Crippen molar-refractivity contribution in [2.24, 2.45) is 11.8 Å². The van der Waals surface area contributed by atoms with E-state index in [1.807, 2.05) is 13.8 Å². The minimum absolute atomic E-state index is 0.00582. The first-order chi connectivity index (χ1) is 24.2. The fourth-order valence-electron chi connectivity index (χ4n) is 5.78. The van der Waals surface area contributed by atoms with E-state index in [0.29, 0.717) is 18.4 Å². The quantitative estimate of drug-likeness (QED) is 0.116. The number of cyclic esters (lactones) is 1. The molecule has 286 valence electrons. The molecule has 1 aromatic carbocycles. The molecule has 5 amide bonds. The maximum Gasteiger partial charge on any atom is 0.329 e. The van der Waals surface area contributed by atoms with E-state index in [0.717, 1.165) is 25.7 Å². The molecule has 0 bridgehead atoms. The lowest BCUT2D eigenvalue weighted by molar-refractivity contribution is -0.156. The maximum absolute atomic E-state index is 13.8. The minimum atomic E-state index is -1.59. The first kappa shape index (κ1) is 43.1. The highest BCUT2D eigenvalue weighted by atomic mass is 16.5. The number of rotatable bonds is 13. The molecule has 51 heavy (non-hydrogen) atoms. The zero-order valence-corrected chi connectivity index (χ0v) is 30.9. The highest BCUT2D eigenvalue weighted by molar-refractivity contribution is 5.96. The molecule has 0 saturated carbocycles. The van der Waals surface area contributed by atoms with Gasteiger partial charge in [0.15, 0.2) is 0 Å². The van der Waals surface area contributed by atoms with E-state index in [1.54, 1.807) is 44.2 Å². The van der Waals surface area contributed by atoms with Gasteiger partial charge in [0.05, 0.1) is 19.1 Å². The van der Waals surface area contributed by atoms with E-state index >= 15 is 0 Å². The number of ether oxygens (including phenoxy) is 1. The summed E-state index contributed by atoms with van der Waals surface area (Å²) in [5.41, 5.74) is 0.686. The Bertz CT molecular complexity index is 1290. The van der Waals surface area contributed by atoms with E-state index in [9.17, 15) is 39.0 Å². The molecule has 0 aromatic heterocycles. The number of carbonyl (C=O) groups is 6. The van der Waals surface area contributed by atoms with Crippen LogP contribution >= 0.6 is 0 Å². The van der Waals surface area contributed by atoms with Crippen molar-refractivity contribution in [1.29, 1.82) is 0 Å². The first-order valence-corrected chi connectivity index (χ1v) is 18.2. The Hall–Kier alpha value is -4.04. The highest BCUT2D eigenvalue weighted by Gasteiger charge is 2.36. The smallest absolute Gasteiger partial charge is 0.329 e. The van der Waals surface area contributed by atoms with Crippen molar-refractivity contribution in [3.8, 4) is 0 Å². The number of esters is 1. The van der Waals surface area contributed by atoms with Crippen molar-refractivity contribution in [2.45, 2.75) is 142 Å². The van der Waals surface area contributed by atoms with Crippen LogP contribution < -0.4 is 26.6 Å². The lowest BCUT2D eigenvalue weighted by atomic mass is 10.0. The van der Waals surface area contributed by atoms with Gasteiger partial charge in [0, 0.05) is 6.42 Å². The molecule has 14 heteroatoms. The molecule has 1 aromatic rings. The average molecular weight is 718 g/mol.